The number of amides is 1. The van der Waals surface area contributed by atoms with Gasteiger partial charge >= 0.3 is 5.97 Å². The van der Waals surface area contributed by atoms with Gasteiger partial charge in [-0.1, -0.05) is 218 Å². The van der Waals surface area contributed by atoms with Crippen molar-refractivity contribution in [3.63, 3.8) is 0 Å². The molecule has 0 saturated heterocycles. The highest BCUT2D eigenvalue weighted by Gasteiger charge is 2.20. The van der Waals surface area contributed by atoms with E-state index in [4.69, 9.17) is 4.74 Å². The Balaban J connectivity index is 3.46. The Morgan fingerprint density at radius 2 is 0.783 bits per heavy atom. The van der Waals surface area contributed by atoms with E-state index in [1.807, 2.05) is 0 Å². The van der Waals surface area contributed by atoms with Crippen LogP contribution in [0.4, 0.5) is 0 Å². The maximum Gasteiger partial charge on any atom is 0.305 e. The second kappa shape index (κ2) is 50.0. The zero-order chi connectivity index (χ0) is 43.7. The van der Waals surface area contributed by atoms with Gasteiger partial charge in [-0.3, -0.25) is 9.59 Å². The zero-order valence-electron chi connectivity index (χ0n) is 40.2. The minimum Gasteiger partial charge on any atom is -0.466 e. The predicted octanol–water partition coefficient (Wildman–Crippen LogP) is 15.9. The first kappa shape index (κ1) is 58.3. The van der Waals surface area contributed by atoms with E-state index in [2.05, 4.69) is 43.5 Å². The summed E-state index contributed by atoms with van der Waals surface area (Å²) in [7, 11) is 0. The molecule has 0 aromatic rings. The summed E-state index contributed by atoms with van der Waals surface area (Å²) in [5, 5.41) is 23.1. The normalized spacial score (nSPS) is 12.8. The van der Waals surface area contributed by atoms with Gasteiger partial charge in [-0.25, -0.2) is 0 Å². The lowest BCUT2D eigenvalue weighted by molar-refractivity contribution is -0.143. The van der Waals surface area contributed by atoms with Crippen LogP contribution in [0.25, 0.3) is 0 Å². The van der Waals surface area contributed by atoms with Crippen LogP contribution >= 0.6 is 0 Å². The SMILES string of the molecule is CCCCCCCC/C=C\CCCCCCCCCCCC(=O)OCCCCCCCC/C=C\CCCCCC(=O)NC(CO)C(O)CCCCCCCCCCCCC. The number of aliphatic hydroxyl groups excluding tert-OH is 2. The summed E-state index contributed by atoms with van der Waals surface area (Å²) in [5.41, 5.74) is 0. The Labute approximate surface area is 373 Å². The summed E-state index contributed by atoms with van der Waals surface area (Å²) in [5.74, 6) is -0.0794. The number of allylic oxidation sites excluding steroid dienone is 4. The molecule has 0 spiro atoms. The minimum atomic E-state index is -0.680. The number of rotatable bonds is 49. The number of hydrogen-bond acceptors (Lipinski definition) is 5. The number of aliphatic hydroxyl groups is 2. The average Bonchev–Trinajstić information content (AvgIpc) is 3.25. The van der Waals surface area contributed by atoms with Gasteiger partial charge in [0.1, 0.15) is 0 Å². The molecule has 0 saturated carbocycles. The number of carbonyl (C=O) groups excluding carboxylic acids is 2. The lowest BCUT2D eigenvalue weighted by atomic mass is 10.0. The molecule has 2 unspecified atom stereocenters. The van der Waals surface area contributed by atoms with E-state index in [1.165, 1.54) is 180 Å². The van der Waals surface area contributed by atoms with Crippen molar-refractivity contribution in [2.24, 2.45) is 0 Å². The van der Waals surface area contributed by atoms with Gasteiger partial charge in [0.05, 0.1) is 25.4 Å². The first-order valence-corrected chi connectivity index (χ1v) is 26.6. The lowest BCUT2D eigenvalue weighted by Gasteiger charge is -2.22. The van der Waals surface area contributed by atoms with Crippen molar-refractivity contribution in [3.8, 4) is 0 Å². The third-order valence-electron chi connectivity index (χ3n) is 12.2. The van der Waals surface area contributed by atoms with Gasteiger partial charge in [0.2, 0.25) is 5.91 Å². The number of hydrogen-bond donors (Lipinski definition) is 3. The van der Waals surface area contributed by atoms with E-state index >= 15 is 0 Å². The largest absolute Gasteiger partial charge is 0.466 e. The molecule has 354 valence electrons. The van der Waals surface area contributed by atoms with E-state index in [0.717, 1.165) is 70.6 Å². The molecule has 0 fully saturated rings. The highest BCUT2D eigenvalue weighted by Crippen LogP contribution is 2.16. The van der Waals surface area contributed by atoms with Crippen molar-refractivity contribution in [1.82, 2.24) is 5.32 Å². The molecule has 0 aromatic carbocycles. The van der Waals surface area contributed by atoms with Crippen molar-refractivity contribution in [3.05, 3.63) is 24.3 Å². The van der Waals surface area contributed by atoms with Gasteiger partial charge in [0.25, 0.3) is 0 Å². The molecule has 0 heterocycles. The molecule has 2 atom stereocenters. The quantitative estimate of drug-likeness (QED) is 0.0322. The molecule has 0 aromatic heterocycles. The van der Waals surface area contributed by atoms with E-state index in [0.29, 0.717) is 25.9 Å². The Morgan fingerprint density at radius 3 is 1.20 bits per heavy atom. The average molecular weight is 846 g/mol. The third kappa shape index (κ3) is 45.9. The monoisotopic (exact) mass is 846 g/mol. The first-order valence-electron chi connectivity index (χ1n) is 26.6. The molecule has 0 aliphatic rings. The Hall–Kier alpha value is -1.66. The zero-order valence-corrected chi connectivity index (χ0v) is 40.2. The van der Waals surface area contributed by atoms with Crippen LogP contribution in [-0.2, 0) is 14.3 Å². The maximum absolute atomic E-state index is 12.4. The Morgan fingerprint density at radius 1 is 0.450 bits per heavy atom. The van der Waals surface area contributed by atoms with Crippen LogP contribution in [0, 0.1) is 0 Å². The van der Waals surface area contributed by atoms with Crippen molar-refractivity contribution in [2.45, 2.75) is 296 Å². The molecule has 3 N–H and O–H groups in total. The molecule has 0 rings (SSSR count). The number of esters is 1. The van der Waals surface area contributed by atoms with Crippen molar-refractivity contribution >= 4 is 11.9 Å². The summed E-state index contributed by atoms with van der Waals surface area (Å²) in [6, 6.07) is -0.560. The highest BCUT2D eigenvalue weighted by molar-refractivity contribution is 5.76. The van der Waals surface area contributed by atoms with Gasteiger partial charge in [-0.05, 0) is 77.0 Å². The minimum absolute atomic E-state index is 0.0133. The van der Waals surface area contributed by atoms with E-state index in [1.54, 1.807) is 0 Å². The third-order valence-corrected chi connectivity index (χ3v) is 12.2. The molecular formula is C54H103NO5. The maximum atomic E-state index is 12.4. The second-order valence-corrected chi connectivity index (χ2v) is 18.2. The van der Waals surface area contributed by atoms with E-state index in [-0.39, 0.29) is 18.5 Å². The number of unbranched alkanes of at least 4 members (excludes halogenated alkanes) is 34. The van der Waals surface area contributed by atoms with Crippen molar-refractivity contribution < 1.29 is 24.5 Å². The highest BCUT2D eigenvalue weighted by atomic mass is 16.5. The van der Waals surface area contributed by atoms with Gasteiger partial charge in [-0.2, -0.15) is 0 Å². The molecule has 60 heavy (non-hydrogen) atoms. The van der Waals surface area contributed by atoms with Gasteiger partial charge in [0, 0.05) is 12.8 Å². The summed E-state index contributed by atoms with van der Waals surface area (Å²) >= 11 is 0. The van der Waals surface area contributed by atoms with Gasteiger partial charge < -0.3 is 20.3 Å². The summed E-state index contributed by atoms with van der Waals surface area (Å²) in [6.07, 6.45) is 58.7. The molecule has 0 bridgehead atoms. The summed E-state index contributed by atoms with van der Waals surface area (Å²) in [6.45, 7) is 4.90. The fourth-order valence-electron chi connectivity index (χ4n) is 8.10. The fraction of sp³-hybridized carbons (Fsp3) is 0.889. The Bertz CT molecular complexity index is 935. The molecule has 0 radical (unpaired) electrons. The second-order valence-electron chi connectivity index (χ2n) is 18.2. The molecule has 1 amide bonds. The smallest absolute Gasteiger partial charge is 0.305 e. The molecular weight excluding hydrogens is 743 g/mol. The van der Waals surface area contributed by atoms with Crippen LogP contribution < -0.4 is 5.32 Å². The van der Waals surface area contributed by atoms with Gasteiger partial charge in [-0.15, -0.1) is 0 Å². The fourth-order valence-corrected chi connectivity index (χ4v) is 8.10. The number of carbonyl (C=O) groups is 2. The van der Waals surface area contributed by atoms with Crippen LogP contribution in [0.5, 0.6) is 0 Å². The first-order chi connectivity index (χ1) is 29.5. The van der Waals surface area contributed by atoms with Crippen LogP contribution in [0.3, 0.4) is 0 Å². The molecule has 6 nitrogen and oxygen atoms in total. The van der Waals surface area contributed by atoms with Crippen LogP contribution in [-0.4, -0.2) is 47.4 Å². The van der Waals surface area contributed by atoms with Crippen molar-refractivity contribution in [2.75, 3.05) is 13.2 Å². The van der Waals surface area contributed by atoms with Gasteiger partial charge in [0.15, 0.2) is 0 Å². The topological polar surface area (TPSA) is 95.9 Å². The van der Waals surface area contributed by atoms with E-state index in [9.17, 15) is 19.8 Å². The summed E-state index contributed by atoms with van der Waals surface area (Å²) < 4.78 is 5.47. The molecule has 6 heteroatoms. The van der Waals surface area contributed by atoms with Crippen LogP contribution in [0.2, 0.25) is 0 Å². The van der Waals surface area contributed by atoms with Crippen LogP contribution in [0.1, 0.15) is 284 Å². The number of ether oxygens (including phenoxy) is 1. The summed E-state index contributed by atoms with van der Waals surface area (Å²) in [4.78, 5) is 24.5. The molecule has 0 aliphatic carbocycles. The predicted molar refractivity (Wildman–Crippen MR) is 260 cm³/mol. The standard InChI is InChI=1S/C54H103NO5/c1-3-5-7-9-11-13-15-16-17-18-19-20-21-24-28-32-36-40-44-48-54(59)60-49-45-41-37-33-29-25-22-23-27-31-35-39-43-47-53(58)55-51(50-56)52(57)46-42-38-34-30-26-14-12-10-8-6-4-2/h16-17,23,27,51-52,56-57H,3-15,18-22,24-26,28-50H2,1-2H3,(H,55,58)/b17-16-,27-23-. The number of nitrogens with one attached hydrogen (secondary N) is 1. The lowest BCUT2D eigenvalue weighted by Crippen LogP contribution is -2.45. The molecule has 0 aliphatic heterocycles. The van der Waals surface area contributed by atoms with Crippen LogP contribution in [0.15, 0.2) is 24.3 Å². The van der Waals surface area contributed by atoms with Crippen molar-refractivity contribution in [1.29, 1.82) is 0 Å². The van der Waals surface area contributed by atoms with E-state index < -0.39 is 12.1 Å². The Kier molecular flexibility index (Phi) is 48.6.